The van der Waals surface area contributed by atoms with E-state index >= 15 is 0 Å². The molecule has 0 fully saturated rings. The van der Waals surface area contributed by atoms with Gasteiger partial charge in [-0.15, -0.1) is 0 Å². The second kappa shape index (κ2) is 5.75. The number of nitrogens with one attached hydrogen (secondary N) is 1. The molecule has 0 aromatic heterocycles. The van der Waals surface area contributed by atoms with E-state index in [-0.39, 0.29) is 5.91 Å². The molecule has 1 N–H and O–H groups in total. The summed E-state index contributed by atoms with van der Waals surface area (Å²) in [5, 5.41) is 2.86. The van der Waals surface area contributed by atoms with Gasteiger partial charge in [0.25, 0.3) is 0 Å². The molecule has 0 aromatic rings. The van der Waals surface area contributed by atoms with Crippen molar-refractivity contribution < 1.29 is 9.28 Å². The molecule has 0 spiro atoms. The molecule has 0 atom stereocenters. The molecule has 13 heavy (non-hydrogen) atoms. The smallest absolute Gasteiger partial charge is 0.247 e. The summed E-state index contributed by atoms with van der Waals surface area (Å²) in [6.07, 6.45) is 4.42. The number of carbonyl (C=O) groups is 1. The van der Waals surface area contributed by atoms with E-state index in [9.17, 15) is 4.79 Å². The summed E-state index contributed by atoms with van der Waals surface area (Å²) in [4.78, 5) is 11.1. The van der Waals surface area contributed by atoms with Crippen LogP contribution in [-0.2, 0) is 4.79 Å². The fourth-order valence-electron chi connectivity index (χ4n) is 1.19. The van der Waals surface area contributed by atoms with Gasteiger partial charge in [-0.1, -0.05) is 13.0 Å². The van der Waals surface area contributed by atoms with Crippen LogP contribution in [0.15, 0.2) is 12.2 Å². The molecule has 0 saturated heterocycles. The molecule has 3 heteroatoms. The number of allylic oxidation sites excluding steroid dienone is 1. The molecule has 3 nitrogen and oxygen atoms in total. The zero-order valence-electron chi connectivity index (χ0n) is 9.13. The molecule has 0 bridgehead atoms. The van der Waals surface area contributed by atoms with Gasteiger partial charge in [0.05, 0.1) is 20.6 Å². The number of hydrogen-bond acceptors (Lipinski definition) is 1. The normalized spacial score (nSPS) is 12.0. The largest absolute Gasteiger partial charge is 0.311 e. The summed E-state index contributed by atoms with van der Waals surface area (Å²) in [6.45, 7) is 5.76. The van der Waals surface area contributed by atoms with Gasteiger partial charge in [-0.25, -0.2) is 0 Å². The Labute approximate surface area is 81.0 Å². The third-order valence-electron chi connectivity index (χ3n) is 1.83. The number of carbonyl (C=O) groups excluding carboxylic acids is 1. The van der Waals surface area contributed by atoms with Crippen molar-refractivity contribution in [2.24, 2.45) is 0 Å². The number of rotatable bonds is 5. The van der Waals surface area contributed by atoms with Crippen LogP contribution in [0.3, 0.4) is 0 Å². The molecule has 0 aliphatic rings. The maximum atomic E-state index is 11.1. The molecule has 0 rings (SSSR count). The zero-order chi connectivity index (χ0) is 10.3. The second-order valence-corrected chi connectivity index (χ2v) is 3.86. The first-order valence-corrected chi connectivity index (χ1v) is 4.74. The summed E-state index contributed by atoms with van der Waals surface area (Å²) in [7, 11) is 4.22. The van der Waals surface area contributed by atoms with Crippen LogP contribution in [0.25, 0.3) is 0 Å². The van der Waals surface area contributed by atoms with Gasteiger partial charge in [0.2, 0.25) is 5.91 Å². The van der Waals surface area contributed by atoms with E-state index in [0.29, 0.717) is 6.67 Å². The molecule has 0 aliphatic carbocycles. The van der Waals surface area contributed by atoms with E-state index in [1.54, 1.807) is 12.2 Å². The predicted molar refractivity (Wildman–Crippen MR) is 55.1 cm³/mol. The Kier molecular flexibility index (Phi) is 5.39. The minimum absolute atomic E-state index is 0.00944. The minimum atomic E-state index is -0.00944. The third kappa shape index (κ3) is 6.34. The lowest BCUT2D eigenvalue weighted by molar-refractivity contribution is -0.892. The van der Waals surface area contributed by atoms with Gasteiger partial charge >= 0.3 is 0 Å². The van der Waals surface area contributed by atoms with Crippen molar-refractivity contribution in [2.75, 3.05) is 27.3 Å². The second-order valence-electron chi connectivity index (χ2n) is 3.86. The highest BCUT2D eigenvalue weighted by Gasteiger charge is 2.13. The van der Waals surface area contributed by atoms with Crippen LogP contribution in [0.5, 0.6) is 0 Å². The molecular weight excluding hydrogens is 164 g/mol. The molecule has 1 amide bonds. The molecule has 0 heterocycles. The number of amides is 1. The van der Waals surface area contributed by atoms with E-state index in [2.05, 4.69) is 26.3 Å². The van der Waals surface area contributed by atoms with E-state index < -0.39 is 0 Å². The number of nitrogens with zero attached hydrogens (tertiary/aromatic N) is 1. The van der Waals surface area contributed by atoms with Crippen LogP contribution < -0.4 is 5.32 Å². The maximum absolute atomic E-state index is 11.1. The Morgan fingerprint density at radius 3 is 2.54 bits per heavy atom. The van der Waals surface area contributed by atoms with E-state index in [4.69, 9.17) is 0 Å². The average Bonchev–Trinajstić information content (AvgIpc) is 2.02. The first-order chi connectivity index (χ1) is 6.02. The van der Waals surface area contributed by atoms with Gasteiger partial charge in [-0.2, -0.15) is 0 Å². The Morgan fingerprint density at radius 1 is 1.46 bits per heavy atom. The third-order valence-corrected chi connectivity index (χ3v) is 1.83. The molecular formula is C10H21N2O+. The lowest BCUT2D eigenvalue weighted by Gasteiger charge is -2.28. The minimum Gasteiger partial charge on any atom is -0.311 e. The van der Waals surface area contributed by atoms with Crippen LogP contribution in [0.1, 0.15) is 20.3 Å². The van der Waals surface area contributed by atoms with Gasteiger partial charge < -0.3 is 9.80 Å². The fraction of sp³-hybridized carbons (Fsp3) is 0.700. The number of quaternary nitrogens is 1. The molecule has 0 unspecified atom stereocenters. The van der Waals surface area contributed by atoms with Crippen molar-refractivity contribution in [3.8, 4) is 0 Å². The van der Waals surface area contributed by atoms with Crippen LogP contribution in [-0.4, -0.2) is 37.7 Å². The fourth-order valence-corrected chi connectivity index (χ4v) is 1.19. The summed E-state index contributed by atoms with van der Waals surface area (Å²) in [5.74, 6) is -0.00944. The Bertz CT molecular complexity index is 185. The summed E-state index contributed by atoms with van der Waals surface area (Å²) in [6, 6.07) is 0. The number of hydrogen-bond donors (Lipinski definition) is 1. The summed E-state index contributed by atoms with van der Waals surface area (Å²) < 4.78 is 0.833. The van der Waals surface area contributed by atoms with Crippen LogP contribution in [0.4, 0.5) is 0 Å². The van der Waals surface area contributed by atoms with Crippen molar-refractivity contribution in [2.45, 2.75) is 20.3 Å². The first kappa shape index (κ1) is 12.2. The topological polar surface area (TPSA) is 29.1 Å². The van der Waals surface area contributed by atoms with Gasteiger partial charge in [0, 0.05) is 0 Å². The van der Waals surface area contributed by atoms with Crippen LogP contribution in [0, 0.1) is 0 Å². The van der Waals surface area contributed by atoms with Gasteiger partial charge in [-0.05, 0) is 19.4 Å². The Hall–Kier alpha value is -0.830. The highest BCUT2D eigenvalue weighted by molar-refractivity contribution is 5.87. The van der Waals surface area contributed by atoms with Crippen molar-refractivity contribution in [3.63, 3.8) is 0 Å². The van der Waals surface area contributed by atoms with E-state index in [0.717, 1.165) is 17.4 Å². The van der Waals surface area contributed by atoms with E-state index in [1.807, 2.05) is 6.92 Å². The van der Waals surface area contributed by atoms with Crippen molar-refractivity contribution >= 4 is 5.91 Å². The predicted octanol–water partition coefficient (Wildman–Crippen LogP) is 1.12. The molecule has 0 saturated carbocycles. The van der Waals surface area contributed by atoms with Crippen molar-refractivity contribution in [1.82, 2.24) is 5.32 Å². The van der Waals surface area contributed by atoms with Crippen molar-refractivity contribution in [1.29, 1.82) is 0 Å². The Balaban J connectivity index is 3.80. The standard InChI is InChI=1S/C10H20N2O/c1-5-7-10(13)11-9-12(3,4)8-6-2/h5,7H,6,8-9H2,1-4H3/p+1. The van der Waals surface area contributed by atoms with Crippen molar-refractivity contribution in [3.05, 3.63) is 12.2 Å². The monoisotopic (exact) mass is 185 g/mol. The van der Waals surface area contributed by atoms with Gasteiger partial charge in [-0.3, -0.25) is 4.79 Å². The quantitative estimate of drug-likeness (QED) is 0.388. The maximum Gasteiger partial charge on any atom is 0.247 e. The summed E-state index contributed by atoms with van der Waals surface area (Å²) >= 11 is 0. The van der Waals surface area contributed by atoms with E-state index in [1.165, 1.54) is 0 Å². The van der Waals surface area contributed by atoms with Gasteiger partial charge in [0.15, 0.2) is 6.67 Å². The highest BCUT2D eigenvalue weighted by atomic mass is 16.1. The van der Waals surface area contributed by atoms with Crippen LogP contribution >= 0.6 is 0 Å². The zero-order valence-corrected chi connectivity index (χ0v) is 9.13. The average molecular weight is 185 g/mol. The highest BCUT2D eigenvalue weighted by Crippen LogP contribution is 1.95. The summed E-state index contributed by atoms with van der Waals surface area (Å²) in [5.41, 5.74) is 0. The molecule has 76 valence electrons. The Morgan fingerprint density at radius 2 is 2.08 bits per heavy atom. The lowest BCUT2D eigenvalue weighted by atomic mass is 10.4. The van der Waals surface area contributed by atoms with Crippen LogP contribution in [0.2, 0.25) is 0 Å². The first-order valence-electron chi connectivity index (χ1n) is 4.74. The SMILES string of the molecule is CC=CC(=O)NC[N+](C)(C)CCC. The molecule has 0 aromatic carbocycles. The molecule has 0 radical (unpaired) electrons. The lowest BCUT2D eigenvalue weighted by Crippen LogP contribution is -2.48. The molecule has 0 aliphatic heterocycles. The van der Waals surface area contributed by atoms with Gasteiger partial charge in [0.1, 0.15) is 0 Å².